The van der Waals surface area contributed by atoms with Gasteiger partial charge in [0.15, 0.2) is 5.82 Å². The Morgan fingerprint density at radius 2 is 1.81 bits per heavy atom. The molecule has 0 atom stereocenters. The van der Waals surface area contributed by atoms with Crippen molar-refractivity contribution in [2.24, 2.45) is 0 Å². The van der Waals surface area contributed by atoms with Crippen LogP contribution in [0.1, 0.15) is 9.67 Å². The van der Waals surface area contributed by atoms with E-state index in [1.54, 1.807) is 0 Å². The van der Waals surface area contributed by atoms with E-state index in [0.29, 0.717) is 0 Å². The van der Waals surface area contributed by atoms with Crippen molar-refractivity contribution in [2.75, 3.05) is 4.72 Å². The Morgan fingerprint density at radius 1 is 1.24 bits per heavy atom. The Labute approximate surface area is 133 Å². The third-order valence-electron chi connectivity index (χ3n) is 2.33. The van der Waals surface area contributed by atoms with Crippen molar-refractivity contribution in [1.82, 2.24) is 0 Å². The number of carboxylic acids is 1. The first kappa shape index (κ1) is 16.0. The van der Waals surface area contributed by atoms with Gasteiger partial charge in [0.1, 0.15) is 4.88 Å². The number of carbonyl (C=O) groups is 1. The summed E-state index contributed by atoms with van der Waals surface area (Å²) in [5, 5.41) is 9.28. The Hall–Kier alpha value is -1.35. The number of anilines is 1. The molecule has 0 fully saturated rings. The van der Waals surface area contributed by atoms with Crippen molar-refractivity contribution in [1.29, 1.82) is 0 Å². The molecule has 0 radical (unpaired) electrons. The Balaban J connectivity index is 2.35. The molecule has 112 valence electrons. The maximum absolute atomic E-state index is 13.3. The molecule has 2 rings (SSSR count). The highest BCUT2D eigenvalue weighted by Gasteiger charge is 2.19. The first-order valence-electron chi connectivity index (χ1n) is 5.20. The predicted octanol–water partition coefficient (Wildman–Crippen LogP) is 3.69. The van der Waals surface area contributed by atoms with Gasteiger partial charge in [-0.1, -0.05) is 23.2 Å². The van der Waals surface area contributed by atoms with E-state index < -0.39 is 21.8 Å². The number of benzene rings is 1. The van der Waals surface area contributed by atoms with E-state index in [-0.39, 0.29) is 25.5 Å². The lowest BCUT2D eigenvalue weighted by atomic mass is 10.3. The van der Waals surface area contributed by atoms with Crippen LogP contribution in [0.5, 0.6) is 0 Å². The fourth-order valence-corrected chi connectivity index (χ4v) is 4.04. The minimum atomic E-state index is -4.02. The zero-order chi connectivity index (χ0) is 15.8. The second-order valence-electron chi connectivity index (χ2n) is 3.81. The lowest BCUT2D eigenvalue weighted by Crippen LogP contribution is -2.12. The number of aromatic carboxylic acids is 1. The van der Waals surface area contributed by atoms with E-state index in [0.717, 1.165) is 29.5 Å². The van der Waals surface area contributed by atoms with E-state index in [1.165, 1.54) is 5.38 Å². The fourth-order valence-electron chi connectivity index (χ4n) is 1.40. The van der Waals surface area contributed by atoms with Gasteiger partial charge in [-0.15, -0.1) is 11.3 Å². The van der Waals surface area contributed by atoms with Gasteiger partial charge in [-0.25, -0.2) is 17.6 Å². The molecule has 1 aromatic carbocycles. The lowest BCUT2D eigenvalue weighted by Gasteiger charge is -2.08. The van der Waals surface area contributed by atoms with Crippen molar-refractivity contribution in [3.05, 3.63) is 44.3 Å². The van der Waals surface area contributed by atoms with Crippen LogP contribution in [0.2, 0.25) is 10.0 Å². The van der Waals surface area contributed by atoms with Gasteiger partial charge in [0.05, 0.1) is 20.6 Å². The highest BCUT2D eigenvalue weighted by Crippen LogP contribution is 2.29. The van der Waals surface area contributed by atoms with Gasteiger partial charge in [0.2, 0.25) is 0 Å². The maximum Gasteiger partial charge on any atom is 0.345 e. The normalized spacial score (nSPS) is 11.4. The highest BCUT2D eigenvalue weighted by molar-refractivity contribution is 7.92. The van der Waals surface area contributed by atoms with E-state index in [1.807, 2.05) is 0 Å². The van der Waals surface area contributed by atoms with Crippen LogP contribution in [0, 0.1) is 5.82 Å². The average molecular weight is 370 g/mol. The zero-order valence-corrected chi connectivity index (χ0v) is 13.1. The van der Waals surface area contributed by atoms with Gasteiger partial charge >= 0.3 is 5.97 Å². The summed E-state index contributed by atoms with van der Waals surface area (Å²) in [6, 6.07) is 3.14. The number of hydrogen-bond donors (Lipinski definition) is 2. The Bertz CT molecular complexity index is 796. The smallest absolute Gasteiger partial charge is 0.345 e. The summed E-state index contributed by atoms with van der Waals surface area (Å²) >= 11 is 11.9. The molecule has 2 aromatic rings. The summed E-state index contributed by atoms with van der Waals surface area (Å²) in [6.07, 6.45) is 0. The number of carboxylic acid groups (broad SMARTS) is 1. The highest BCUT2D eigenvalue weighted by atomic mass is 35.5. The summed E-state index contributed by atoms with van der Waals surface area (Å²) in [7, 11) is -4.02. The second-order valence-corrected chi connectivity index (χ2v) is 7.22. The average Bonchev–Trinajstić information content (AvgIpc) is 2.85. The van der Waals surface area contributed by atoms with E-state index in [9.17, 15) is 17.6 Å². The minimum Gasteiger partial charge on any atom is -0.477 e. The molecule has 2 N–H and O–H groups in total. The largest absolute Gasteiger partial charge is 0.477 e. The van der Waals surface area contributed by atoms with Crippen LogP contribution in [-0.2, 0) is 10.0 Å². The van der Waals surface area contributed by atoms with E-state index in [2.05, 4.69) is 4.72 Å². The minimum absolute atomic E-state index is 0.0329. The van der Waals surface area contributed by atoms with E-state index >= 15 is 0 Å². The quantitative estimate of drug-likeness (QED) is 0.804. The third kappa shape index (κ3) is 3.46. The van der Waals surface area contributed by atoms with Gasteiger partial charge < -0.3 is 5.11 Å². The number of hydrogen-bond acceptors (Lipinski definition) is 4. The van der Waals surface area contributed by atoms with Gasteiger partial charge in [-0.05, 0) is 18.2 Å². The molecular formula is C11H6Cl2FNO4S2. The molecule has 0 aliphatic heterocycles. The van der Waals surface area contributed by atoms with Crippen LogP contribution in [0.15, 0.2) is 28.5 Å². The van der Waals surface area contributed by atoms with Crippen molar-refractivity contribution in [3.63, 3.8) is 0 Å². The van der Waals surface area contributed by atoms with Gasteiger partial charge in [0.25, 0.3) is 10.0 Å². The first-order chi connectivity index (χ1) is 9.70. The van der Waals surface area contributed by atoms with Crippen LogP contribution >= 0.6 is 34.5 Å². The molecule has 0 saturated carbocycles. The standard InChI is InChI=1S/C11H6Cl2FNO4S2/c12-7-1-5(2-8(13)10(7)14)15-21(18,19)6-3-9(11(16)17)20-4-6/h1-4,15H,(H,16,17). The SMILES string of the molecule is O=C(O)c1cc(S(=O)(=O)Nc2cc(Cl)c(F)c(Cl)c2)cs1. The number of thiophene rings is 1. The maximum atomic E-state index is 13.3. The Morgan fingerprint density at radius 3 is 2.29 bits per heavy atom. The Kier molecular flexibility index (Phi) is 4.43. The molecule has 1 heterocycles. The zero-order valence-electron chi connectivity index (χ0n) is 9.93. The van der Waals surface area contributed by atoms with Crippen LogP contribution < -0.4 is 4.72 Å². The molecule has 1 aromatic heterocycles. The summed E-state index contributed by atoms with van der Waals surface area (Å²) in [5.74, 6) is -2.08. The molecule has 5 nitrogen and oxygen atoms in total. The molecule has 0 aliphatic carbocycles. The van der Waals surface area contributed by atoms with Crippen molar-refractivity contribution >= 4 is 56.2 Å². The lowest BCUT2D eigenvalue weighted by molar-refractivity contribution is 0.0702. The molecule has 0 spiro atoms. The second kappa shape index (κ2) is 5.80. The van der Waals surface area contributed by atoms with Crippen molar-refractivity contribution in [3.8, 4) is 0 Å². The molecular weight excluding hydrogens is 364 g/mol. The third-order valence-corrected chi connectivity index (χ3v) is 5.31. The summed E-state index contributed by atoms with van der Waals surface area (Å²) in [6.45, 7) is 0. The molecule has 0 bridgehead atoms. The van der Waals surface area contributed by atoms with Crippen molar-refractivity contribution < 1.29 is 22.7 Å². The number of halogens is 3. The van der Waals surface area contributed by atoms with E-state index in [4.69, 9.17) is 28.3 Å². The van der Waals surface area contributed by atoms with Gasteiger partial charge in [-0.2, -0.15) is 0 Å². The summed E-state index contributed by atoms with van der Waals surface area (Å²) in [4.78, 5) is 10.4. The van der Waals surface area contributed by atoms with Crippen LogP contribution in [0.3, 0.4) is 0 Å². The number of rotatable bonds is 4. The number of sulfonamides is 1. The fraction of sp³-hybridized carbons (Fsp3) is 0. The van der Waals surface area contributed by atoms with Crippen LogP contribution in [0.25, 0.3) is 0 Å². The molecule has 0 saturated heterocycles. The molecule has 10 heteroatoms. The monoisotopic (exact) mass is 369 g/mol. The summed E-state index contributed by atoms with van der Waals surface area (Å²) in [5.41, 5.74) is -0.0329. The predicted molar refractivity (Wildman–Crippen MR) is 78.5 cm³/mol. The van der Waals surface area contributed by atoms with Gasteiger partial charge in [-0.3, -0.25) is 4.72 Å². The molecule has 0 amide bonds. The molecule has 21 heavy (non-hydrogen) atoms. The number of nitrogens with one attached hydrogen (secondary N) is 1. The van der Waals surface area contributed by atoms with Crippen molar-refractivity contribution in [2.45, 2.75) is 4.90 Å². The van der Waals surface area contributed by atoms with Gasteiger partial charge in [0, 0.05) is 5.38 Å². The first-order valence-corrected chi connectivity index (χ1v) is 8.32. The molecule has 0 unspecified atom stereocenters. The van der Waals surface area contributed by atoms with Crippen LogP contribution in [-0.4, -0.2) is 19.5 Å². The van der Waals surface area contributed by atoms with Crippen LogP contribution in [0.4, 0.5) is 10.1 Å². The topological polar surface area (TPSA) is 83.5 Å². The molecule has 0 aliphatic rings. The summed E-state index contributed by atoms with van der Waals surface area (Å²) < 4.78 is 39.5.